The maximum Gasteiger partial charge on any atom is 0.259 e. The van der Waals surface area contributed by atoms with E-state index in [1.54, 1.807) is 18.5 Å². The van der Waals surface area contributed by atoms with Gasteiger partial charge in [0, 0.05) is 24.5 Å². The van der Waals surface area contributed by atoms with Crippen LogP contribution in [0.3, 0.4) is 0 Å². The van der Waals surface area contributed by atoms with E-state index in [9.17, 15) is 4.79 Å². The molecule has 2 aromatic heterocycles. The number of anilines is 1. The Balaban J connectivity index is 1.97. The predicted octanol–water partition coefficient (Wildman–Crippen LogP) is 3.02. The van der Waals surface area contributed by atoms with Crippen molar-refractivity contribution in [2.45, 2.75) is 39.0 Å². The Bertz CT molecular complexity index is 595. The number of carbonyl (C=O) groups excluding carboxylic acids is 1. The number of unbranched alkanes of at least 4 members (excludes halogenated alkanes) is 4. The van der Waals surface area contributed by atoms with Crippen LogP contribution in [0.4, 0.5) is 5.88 Å². The molecule has 6 nitrogen and oxygen atoms in total. The van der Waals surface area contributed by atoms with Crippen LogP contribution in [-0.2, 0) is 0 Å². The summed E-state index contributed by atoms with van der Waals surface area (Å²) in [7, 11) is 0. The smallest absolute Gasteiger partial charge is 0.259 e. The number of nitrogens with one attached hydrogen (secondary N) is 1. The first-order chi connectivity index (χ1) is 10.7. The number of carbonyl (C=O) groups is 1. The summed E-state index contributed by atoms with van der Waals surface area (Å²) in [6.45, 7) is 2.80. The van der Waals surface area contributed by atoms with E-state index < -0.39 is 0 Å². The molecule has 0 bridgehead atoms. The van der Waals surface area contributed by atoms with E-state index in [0.717, 1.165) is 12.8 Å². The molecule has 3 N–H and O–H groups in total. The number of nitrogens with two attached hydrogens (primary N) is 1. The highest BCUT2D eigenvalue weighted by Gasteiger charge is 2.22. The van der Waals surface area contributed by atoms with E-state index in [2.05, 4.69) is 22.4 Å². The Hall–Kier alpha value is -2.37. The highest BCUT2D eigenvalue weighted by molar-refractivity contribution is 6.03. The zero-order valence-electron chi connectivity index (χ0n) is 12.8. The quantitative estimate of drug-likeness (QED) is 0.731. The Morgan fingerprint density at radius 1 is 1.32 bits per heavy atom. The first kappa shape index (κ1) is 16.0. The number of pyridine rings is 1. The standard InChI is InChI=1S/C16H22N4O2/c1-2-3-4-5-6-10-19-16(21)13-14(20-22-15(13)17)12-8-7-9-18-11-12/h7-9,11H,2-6,10,17H2,1H3,(H,19,21). The lowest BCUT2D eigenvalue weighted by atomic mass is 10.1. The van der Waals surface area contributed by atoms with Crippen LogP contribution in [0.1, 0.15) is 49.4 Å². The maximum atomic E-state index is 12.3. The van der Waals surface area contributed by atoms with Gasteiger partial charge in [0.1, 0.15) is 11.3 Å². The molecule has 0 spiro atoms. The van der Waals surface area contributed by atoms with Gasteiger partial charge in [-0.1, -0.05) is 37.8 Å². The number of rotatable bonds is 8. The third kappa shape index (κ3) is 4.07. The molecule has 0 radical (unpaired) electrons. The van der Waals surface area contributed by atoms with Crippen LogP contribution in [-0.4, -0.2) is 22.6 Å². The fourth-order valence-electron chi connectivity index (χ4n) is 2.24. The van der Waals surface area contributed by atoms with Crippen LogP contribution in [0.15, 0.2) is 29.0 Å². The van der Waals surface area contributed by atoms with E-state index >= 15 is 0 Å². The summed E-state index contributed by atoms with van der Waals surface area (Å²) in [5, 5.41) is 6.75. The average Bonchev–Trinajstić information content (AvgIpc) is 2.93. The molecule has 0 saturated heterocycles. The molecular weight excluding hydrogens is 280 g/mol. The summed E-state index contributed by atoms with van der Waals surface area (Å²) in [4.78, 5) is 16.3. The second-order valence-corrected chi connectivity index (χ2v) is 5.18. The van der Waals surface area contributed by atoms with Crippen molar-refractivity contribution in [3.63, 3.8) is 0 Å². The van der Waals surface area contributed by atoms with Crippen molar-refractivity contribution in [1.29, 1.82) is 0 Å². The molecule has 0 atom stereocenters. The molecule has 0 unspecified atom stereocenters. The number of amides is 1. The van der Waals surface area contributed by atoms with E-state index in [1.807, 2.05) is 6.07 Å². The molecule has 6 heteroatoms. The minimum absolute atomic E-state index is 0.0299. The summed E-state index contributed by atoms with van der Waals surface area (Å²) in [6, 6.07) is 3.58. The van der Waals surface area contributed by atoms with Crippen molar-refractivity contribution in [3.05, 3.63) is 30.1 Å². The molecule has 0 aliphatic heterocycles. The van der Waals surface area contributed by atoms with Crippen LogP contribution >= 0.6 is 0 Å². The molecule has 0 aromatic carbocycles. The number of nitrogens with zero attached hydrogens (tertiary/aromatic N) is 2. The summed E-state index contributed by atoms with van der Waals surface area (Å²) in [6.07, 6.45) is 8.99. The van der Waals surface area contributed by atoms with Crippen molar-refractivity contribution in [2.24, 2.45) is 0 Å². The summed E-state index contributed by atoms with van der Waals surface area (Å²) in [5.74, 6) is -0.226. The van der Waals surface area contributed by atoms with Gasteiger partial charge in [0.2, 0.25) is 5.88 Å². The third-order valence-corrected chi connectivity index (χ3v) is 3.45. The van der Waals surface area contributed by atoms with Gasteiger partial charge in [-0.25, -0.2) is 0 Å². The fraction of sp³-hybridized carbons (Fsp3) is 0.438. The number of hydrogen-bond acceptors (Lipinski definition) is 5. The lowest BCUT2D eigenvalue weighted by Gasteiger charge is -2.05. The van der Waals surface area contributed by atoms with Gasteiger partial charge in [-0.2, -0.15) is 0 Å². The minimum atomic E-state index is -0.256. The van der Waals surface area contributed by atoms with E-state index in [4.69, 9.17) is 10.3 Å². The summed E-state index contributed by atoms with van der Waals surface area (Å²) < 4.78 is 4.97. The summed E-state index contributed by atoms with van der Waals surface area (Å²) >= 11 is 0. The monoisotopic (exact) mass is 302 g/mol. The van der Waals surface area contributed by atoms with Gasteiger partial charge in [0.05, 0.1) is 0 Å². The molecule has 0 aliphatic rings. The van der Waals surface area contributed by atoms with E-state index in [1.165, 1.54) is 19.3 Å². The van der Waals surface area contributed by atoms with Gasteiger partial charge in [-0.05, 0) is 18.6 Å². The molecule has 0 saturated carbocycles. The number of nitrogen functional groups attached to an aromatic ring is 1. The summed E-state index contributed by atoms with van der Waals surface area (Å²) in [5.41, 5.74) is 7.15. The van der Waals surface area contributed by atoms with Crippen LogP contribution in [0, 0.1) is 0 Å². The molecule has 118 valence electrons. The van der Waals surface area contributed by atoms with Crippen molar-refractivity contribution in [1.82, 2.24) is 15.5 Å². The molecule has 1 amide bonds. The van der Waals surface area contributed by atoms with Crippen molar-refractivity contribution >= 4 is 11.8 Å². The van der Waals surface area contributed by atoms with Crippen LogP contribution in [0.2, 0.25) is 0 Å². The van der Waals surface area contributed by atoms with Crippen LogP contribution < -0.4 is 11.1 Å². The van der Waals surface area contributed by atoms with Crippen molar-refractivity contribution < 1.29 is 9.32 Å². The number of aromatic nitrogens is 2. The zero-order chi connectivity index (χ0) is 15.8. The molecule has 0 aliphatic carbocycles. The van der Waals surface area contributed by atoms with Crippen molar-refractivity contribution in [2.75, 3.05) is 12.3 Å². The Morgan fingerprint density at radius 3 is 2.86 bits per heavy atom. The fourth-order valence-corrected chi connectivity index (χ4v) is 2.24. The molecular formula is C16H22N4O2. The Kier molecular flexibility index (Phi) is 5.94. The molecule has 0 fully saturated rings. The Labute approximate surface area is 130 Å². The first-order valence-electron chi connectivity index (χ1n) is 7.67. The maximum absolute atomic E-state index is 12.3. The predicted molar refractivity (Wildman–Crippen MR) is 85.2 cm³/mol. The molecule has 2 heterocycles. The van der Waals surface area contributed by atoms with E-state index in [0.29, 0.717) is 17.8 Å². The lowest BCUT2D eigenvalue weighted by molar-refractivity contribution is 0.0954. The molecule has 2 rings (SSSR count). The van der Waals surface area contributed by atoms with Crippen molar-refractivity contribution in [3.8, 4) is 11.3 Å². The molecule has 22 heavy (non-hydrogen) atoms. The normalized spacial score (nSPS) is 10.6. The van der Waals surface area contributed by atoms with Gasteiger partial charge in [-0.3, -0.25) is 9.78 Å². The van der Waals surface area contributed by atoms with Gasteiger partial charge >= 0.3 is 0 Å². The second-order valence-electron chi connectivity index (χ2n) is 5.18. The van der Waals surface area contributed by atoms with E-state index in [-0.39, 0.29) is 17.4 Å². The van der Waals surface area contributed by atoms with Gasteiger partial charge < -0.3 is 15.6 Å². The highest BCUT2D eigenvalue weighted by atomic mass is 16.5. The second kappa shape index (κ2) is 8.17. The topological polar surface area (TPSA) is 94.0 Å². The Morgan fingerprint density at radius 2 is 2.14 bits per heavy atom. The number of hydrogen-bond donors (Lipinski definition) is 2. The van der Waals surface area contributed by atoms with Gasteiger partial charge in [0.25, 0.3) is 5.91 Å². The molecule has 2 aromatic rings. The zero-order valence-corrected chi connectivity index (χ0v) is 12.8. The first-order valence-corrected chi connectivity index (χ1v) is 7.67. The van der Waals surface area contributed by atoms with Gasteiger partial charge in [0.15, 0.2) is 0 Å². The SMILES string of the molecule is CCCCCCCNC(=O)c1c(-c2cccnc2)noc1N. The van der Waals surface area contributed by atoms with Crippen LogP contribution in [0.5, 0.6) is 0 Å². The highest BCUT2D eigenvalue weighted by Crippen LogP contribution is 2.26. The third-order valence-electron chi connectivity index (χ3n) is 3.45. The average molecular weight is 302 g/mol. The minimum Gasteiger partial charge on any atom is -0.367 e. The van der Waals surface area contributed by atoms with Crippen LogP contribution in [0.25, 0.3) is 11.3 Å². The van der Waals surface area contributed by atoms with Gasteiger partial charge in [-0.15, -0.1) is 0 Å². The lowest BCUT2D eigenvalue weighted by Crippen LogP contribution is -2.25. The largest absolute Gasteiger partial charge is 0.367 e.